The molecule has 16 nitrogen and oxygen atoms in total. The summed E-state index contributed by atoms with van der Waals surface area (Å²) < 4.78 is 60.7. The number of phosphoric ester groups is 2. The Balaban J connectivity index is 4.78. The molecule has 0 aromatic rings. The minimum atomic E-state index is -4.94. The van der Waals surface area contributed by atoms with Crippen LogP contribution in [0.25, 0.3) is 0 Å². The van der Waals surface area contributed by atoms with E-state index in [-0.39, 0.29) is 19.3 Å². The van der Waals surface area contributed by atoms with Gasteiger partial charge >= 0.3 is 33.6 Å². The van der Waals surface area contributed by atoms with Gasteiger partial charge in [0.05, 0.1) is 26.4 Å². The van der Waals surface area contributed by atoms with Crippen molar-refractivity contribution in [3.63, 3.8) is 0 Å². The number of rotatable bonds is 62. The lowest BCUT2D eigenvalue weighted by Gasteiger charge is -2.21. The van der Waals surface area contributed by atoms with E-state index in [9.17, 15) is 43.5 Å². The maximum atomic E-state index is 12.9. The average molecular weight is 1290 g/mol. The van der Waals surface area contributed by atoms with Crippen LogP contribution in [0.1, 0.15) is 239 Å². The van der Waals surface area contributed by atoms with Gasteiger partial charge in [0, 0.05) is 19.3 Å². The highest BCUT2D eigenvalue weighted by molar-refractivity contribution is 7.47. The Hall–Kier alpha value is -4.31. The molecule has 89 heavy (non-hydrogen) atoms. The summed E-state index contributed by atoms with van der Waals surface area (Å²) in [7, 11) is -9.81. The molecular weight excluding hydrogens is 1170 g/mol. The van der Waals surface area contributed by atoms with Crippen LogP contribution >= 0.6 is 15.6 Å². The molecule has 4 N–H and O–H groups in total. The van der Waals surface area contributed by atoms with Gasteiger partial charge in [-0.1, -0.05) is 225 Å². The maximum Gasteiger partial charge on any atom is 0.472 e. The van der Waals surface area contributed by atoms with E-state index in [2.05, 4.69) is 136 Å². The third-order valence-corrected chi connectivity index (χ3v) is 15.2. The standard InChI is InChI=1S/C71H118O16P2/c1-4-7-10-13-16-19-22-25-28-30-32-34-37-39-42-45-48-51-54-57-69(74)81-60-66(72)61-83-88(77,78)84-62-67(73)63-85-89(79,80)86-65-68(87-71(76)59-56-53-50-47-44-41-36-27-24-21-18-15-12-9-6-3)64-82-70(75)58-55-52-49-46-43-40-38-35-33-31-29-26-23-20-17-14-11-8-5-2/h7,10,16-21,25-29,32-36,39,42,48,51,66-68,72-73H,4-6,8-9,11-15,22-24,30-31,37-38,40-41,43-47,49-50,52-65H2,1-3H3,(H,77,78)(H,79,80)/b10-7-,19-16-,20-17-,21-18-,28-25-,29-26-,34-32-,35-33-,36-27-,42-39-,51-48-. The first kappa shape index (κ1) is 84.7. The zero-order chi connectivity index (χ0) is 65.3. The quantitative estimate of drug-likeness (QED) is 0.0146. The molecule has 0 fully saturated rings. The third-order valence-electron chi connectivity index (χ3n) is 13.3. The Morgan fingerprint density at radius 1 is 0.326 bits per heavy atom. The Kier molecular flexibility index (Phi) is 60.7. The van der Waals surface area contributed by atoms with Crippen LogP contribution in [0.5, 0.6) is 0 Å². The van der Waals surface area contributed by atoms with Gasteiger partial charge in [-0.25, -0.2) is 9.13 Å². The highest BCUT2D eigenvalue weighted by Crippen LogP contribution is 2.45. The molecule has 0 radical (unpaired) electrons. The Morgan fingerprint density at radius 3 is 1.01 bits per heavy atom. The van der Waals surface area contributed by atoms with E-state index >= 15 is 0 Å². The summed E-state index contributed by atoms with van der Waals surface area (Å²) in [5, 5.41) is 20.5. The highest BCUT2D eigenvalue weighted by atomic mass is 31.2. The van der Waals surface area contributed by atoms with Gasteiger partial charge in [0.1, 0.15) is 25.4 Å². The number of ether oxygens (including phenoxy) is 3. The largest absolute Gasteiger partial charge is 0.472 e. The first-order valence-electron chi connectivity index (χ1n) is 33.5. The van der Waals surface area contributed by atoms with Crippen LogP contribution < -0.4 is 0 Å². The number of aliphatic hydroxyl groups is 2. The minimum Gasteiger partial charge on any atom is -0.463 e. The van der Waals surface area contributed by atoms with E-state index in [1.807, 2.05) is 18.2 Å². The van der Waals surface area contributed by atoms with E-state index < -0.39 is 91.5 Å². The van der Waals surface area contributed by atoms with E-state index in [1.165, 1.54) is 38.5 Å². The summed E-state index contributed by atoms with van der Waals surface area (Å²) in [5.41, 5.74) is 0. The number of phosphoric acid groups is 2. The molecule has 0 amide bonds. The number of aliphatic hydroxyl groups excluding tert-OH is 2. The number of hydrogen-bond acceptors (Lipinski definition) is 14. The van der Waals surface area contributed by atoms with Crippen LogP contribution in [0.3, 0.4) is 0 Å². The van der Waals surface area contributed by atoms with Crippen LogP contribution in [0, 0.1) is 0 Å². The SMILES string of the molecule is CC/C=C\C/C=C\C/C=C\C/C=C\C/C=C\C/C=C\CCC(=O)OCC(O)COP(=O)(O)OCC(O)COP(=O)(O)OCC(COC(=O)CCCCCCCC/C=C\C/C=C\C/C=C\CCCCC)OC(=O)CCCCCCC/C=C\C/C=C\CCCCC. The molecule has 0 aromatic carbocycles. The average Bonchev–Trinajstić information content (AvgIpc) is 3.54. The van der Waals surface area contributed by atoms with Gasteiger partial charge in [-0.15, -0.1) is 0 Å². The molecule has 0 saturated heterocycles. The highest BCUT2D eigenvalue weighted by Gasteiger charge is 2.29. The first-order valence-corrected chi connectivity index (χ1v) is 36.5. The second-order valence-corrected chi connectivity index (χ2v) is 24.8. The predicted molar refractivity (Wildman–Crippen MR) is 362 cm³/mol. The molecule has 18 heteroatoms. The fourth-order valence-corrected chi connectivity index (χ4v) is 9.80. The monoisotopic (exact) mass is 1290 g/mol. The summed E-state index contributed by atoms with van der Waals surface area (Å²) in [4.78, 5) is 58.3. The smallest absolute Gasteiger partial charge is 0.463 e. The van der Waals surface area contributed by atoms with Crippen LogP contribution in [-0.2, 0) is 55.8 Å². The third kappa shape index (κ3) is 65.0. The Labute approximate surface area is 537 Å². The number of allylic oxidation sites excluding steroid dienone is 22. The summed E-state index contributed by atoms with van der Waals surface area (Å²) in [6.45, 7) is 2.35. The van der Waals surface area contributed by atoms with Gasteiger partial charge in [0.2, 0.25) is 0 Å². The molecule has 0 aliphatic rings. The number of carbonyl (C=O) groups is 3. The van der Waals surface area contributed by atoms with Crippen molar-refractivity contribution >= 4 is 33.6 Å². The predicted octanol–water partition coefficient (Wildman–Crippen LogP) is 18.4. The van der Waals surface area contributed by atoms with Crippen molar-refractivity contribution in [3.8, 4) is 0 Å². The van der Waals surface area contributed by atoms with Gasteiger partial charge in [-0.2, -0.15) is 0 Å². The summed E-state index contributed by atoms with van der Waals surface area (Å²) in [6, 6.07) is 0. The van der Waals surface area contributed by atoms with Gasteiger partial charge in [-0.05, 0) is 128 Å². The van der Waals surface area contributed by atoms with E-state index in [0.717, 1.165) is 135 Å². The van der Waals surface area contributed by atoms with Crippen LogP contribution in [0.2, 0.25) is 0 Å². The first-order chi connectivity index (χ1) is 43.2. The summed E-state index contributed by atoms with van der Waals surface area (Å²) >= 11 is 0. The van der Waals surface area contributed by atoms with Crippen LogP contribution in [-0.4, -0.2) is 95.9 Å². The van der Waals surface area contributed by atoms with Crippen molar-refractivity contribution in [2.24, 2.45) is 0 Å². The molecule has 0 spiro atoms. The van der Waals surface area contributed by atoms with Crippen LogP contribution in [0.15, 0.2) is 134 Å². The van der Waals surface area contributed by atoms with Crippen molar-refractivity contribution in [3.05, 3.63) is 134 Å². The minimum absolute atomic E-state index is 0.0561. The van der Waals surface area contributed by atoms with Gasteiger partial charge < -0.3 is 34.2 Å². The molecular formula is C71H118O16P2. The molecule has 0 saturated carbocycles. The number of esters is 3. The van der Waals surface area contributed by atoms with Crippen molar-refractivity contribution in [2.75, 3.05) is 39.6 Å². The van der Waals surface area contributed by atoms with Crippen molar-refractivity contribution < 1.29 is 75.8 Å². The lowest BCUT2D eigenvalue weighted by atomic mass is 10.1. The van der Waals surface area contributed by atoms with E-state index in [0.29, 0.717) is 25.7 Å². The van der Waals surface area contributed by atoms with Gasteiger partial charge in [0.25, 0.3) is 0 Å². The maximum absolute atomic E-state index is 12.9. The molecule has 5 unspecified atom stereocenters. The fourth-order valence-electron chi connectivity index (χ4n) is 8.22. The Bertz CT molecular complexity index is 2160. The lowest BCUT2D eigenvalue weighted by Crippen LogP contribution is -2.30. The summed E-state index contributed by atoms with van der Waals surface area (Å²) in [5.74, 6) is -1.70. The normalized spacial score (nSPS) is 15.1. The molecule has 5 atom stereocenters. The van der Waals surface area contributed by atoms with Gasteiger partial charge in [-0.3, -0.25) is 32.5 Å². The number of unbranched alkanes of at least 4 members (excludes halogenated alkanes) is 17. The van der Waals surface area contributed by atoms with Crippen molar-refractivity contribution in [1.29, 1.82) is 0 Å². The Morgan fingerprint density at radius 2 is 0.618 bits per heavy atom. The zero-order valence-corrected chi connectivity index (χ0v) is 56.6. The molecule has 0 aliphatic carbocycles. The van der Waals surface area contributed by atoms with Crippen LogP contribution in [0.4, 0.5) is 0 Å². The number of hydrogen-bond donors (Lipinski definition) is 4. The molecule has 0 bridgehead atoms. The van der Waals surface area contributed by atoms with Crippen molar-refractivity contribution in [1.82, 2.24) is 0 Å². The summed E-state index contributed by atoms with van der Waals surface area (Å²) in [6.07, 6.45) is 73.7. The van der Waals surface area contributed by atoms with Crippen molar-refractivity contribution in [2.45, 2.75) is 257 Å². The second kappa shape index (κ2) is 63.8. The topological polar surface area (TPSA) is 231 Å². The molecule has 0 heterocycles. The molecule has 0 aromatic heterocycles. The van der Waals surface area contributed by atoms with E-state index in [4.69, 9.17) is 32.3 Å². The molecule has 508 valence electrons. The molecule has 0 aliphatic heterocycles. The fraction of sp³-hybridized carbons (Fsp3) is 0.648. The van der Waals surface area contributed by atoms with Gasteiger partial charge in [0.15, 0.2) is 6.10 Å². The second-order valence-electron chi connectivity index (χ2n) is 21.9. The lowest BCUT2D eigenvalue weighted by molar-refractivity contribution is -0.161. The van der Waals surface area contributed by atoms with E-state index in [1.54, 1.807) is 0 Å². The molecule has 0 rings (SSSR count). The zero-order valence-electron chi connectivity index (χ0n) is 54.8. The number of carbonyl (C=O) groups excluding carboxylic acids is 3.